The standard InChI is InChI=1S/C22H34N6O.HI/c1-18-15-26-28(17-18)14-11-24-22(23-2)25-16-21(27-12-5-4-6-13-27)19-7-9-20(29-3)10-8-19;/h7-10,15,17,21H,4-6,11-14,16H2,1-3H3,(H2,23,24,25);1H. The zero-order chi connectivity index (χ0) is 20.5. The van der Waals surface area contributed by atoms with Gasteiger partial charge < -0.3 is 15.4 Å². The third kappa shape index (κ3) is 7.16. The van der Waals surface area contributed by atoms with Gasteiger partial charge in [0.05, 0.1) is 25.9 Å². The van der Waals surface area contributed by atoms with Crippen molar-refractivity contribution in [1.29, 1.82) is 0 Å². The lowest BCUT2D eigenvalue weighted by Gasteiger charge is -2.35. The lowest BCUT2D eigenvalue weighted by Crippen LogP contribution is -2.45. The Morgan fingerprint density at radius 3 is 2.50 bits per heavy atom. The first-order valence-corrected chi connectivity index (χ1v) is 10.5. The van der Waals surface area contributed by atoms with E-state index in [2.05, 4.69) is 44.7 Å². The molecule has 1 aliphatic rings. The van der Waals surface area contributed by atoms with Crippen LogP contribution in [0.25, 0.3) is 0 Å². The maximum absolute atomic E-state index is 5.33. The summed E-state index contributed by atoms with van der Waals surface area (Å²) in [6, 6.07) is 8.76. The van der Waals surface area contributed by atoms with E-state index in [1.54, 1.807) is 7.11 Å². The molecule has 0 spiro atoms. The second-order valence-corrected chi connectivity index (χ2v) is 7.55. The summed E-state index contributed by atoms with van der Waals surface area (Å²) < 4.78 is 7.27. The van der Waals surface area contributed by atoms with Crippen LogP contribution in [0.15, 0.2) is 41.7 Å². The Labute approximate surface area is 197 Å². The number of guanidine groups is 1. The molecule has 0 amide bonds. The van der Waals surface area contributed by atoms with Crippen LogP contribution < -0.4 is 15.4 Å². The molecule has 2 N–H and O–H groups in total. The Balaban J connectivity index is 0.00000320. The zero-order valence-electron chi connectivity index (χ0n) is 18.3. The molecule has 1 aromatic carbocycles. The number of piperidine rings is 1. The molecule has 1 atom stereocenters. The van der Waals surface area contributed by atoms with Crippen molar-refractivity contribution >= 4 is 29.9 Å². The molecule has 166 valence electrons. The molecule has 8 heteroatoms. The molecule has 2 aromatic rings. The smallest absolute Gasteiger partial charge is 0.191 e. The summed E-state index contributed by atoms with van der Waals surface area (Å²) in [4.78, 5) is 6.97. The third-order valence-electron chi connectivity index (χ3n) is 5.41. The number of rotatable bonds is 8. The van der Waals surface area contributed by atoms with E-state index >= 15 is 0 Å². The van der Waals surface area contributed by atoms with E-state index in [0.29, 0.717) is 6.04 Å². The molecular weight excluding hydrogens is 491 g/mol. The Kier molecular flexibility index (Phi) is 10.4. The highest BCUT2D eigenvalue weighted by molar-refractivity contribution is 14.0. The molecule has 0 aliphatic carbocycles. The van der Waals surface area contributed by atoms with Crippen LogP contribution in [-0.4, -0.2) is 61.0 Å². The van der Waals surface area contributed by atoms with Crippen molar-refractivity contribution in [3.05, 3.63) is 47.8 Å². The zero-order valence-corrected chi connectivity index (χ0v) is 20.6. The fraction of sp³-hybridized carbons (Fsp3) is 0.545. The molecule has 0 saturated carbocycles. The van der Waals surface area contributed by atoms with Crippen molar-refractivity contribution in [3.63, 3.8) is 0 Å². The average Bonchev–Trinajstić information content (AvgIpc) is 3.18. The van der Waals surface area contributed by atoms with E-state index in [1.165, 1.54) is 30.4 Å². The third-order valence-corrected chi connectivity index (χ3v) is 5.41. The summed E-state index contributed by atoms with van der Waals surface area (Å²) >= 11 is 0. The molecule has 30 heavy (non-hydrogen) atoms. The molecule has 0 bridgehead atoms. The molecular formula is C22H35IN6O. The van der Waals surface area contributed by atoms with Gasteiger partial charge in [-0.3, -0.25) is 14.6 Å². The summed E-state index contributed by atoms with van der Waals surface area (Å²) in [6.07, 6.45) is 7.79. The van der Waals surface area contributed by atoms with Crippen LogP contribution in [-0.2, 0) is 6.54 Å². The van der Waals surface area contributed by atoms with Crippen molar-refractivity contribution in [3.8, 4) is 5.75 Å². The monoisotopic (exact) mass is 526 g/mol. The molecule has 1 aliphatic heterocycles. The number of hydrogen-bond acceptors (Lipinski definition) is 4. The Bertz CT molecular complexity index is 770. The van der Waals surface area contributed by atoms with E-state index in [9.17, 15) is 0 Å². The largest absolute Gasteiger partial charge is 0.497 e. The fourth-order valence-electron chi connectivity index (χ4n) is 3.81. The van der Waals surface area contributed by atoms with Crippen molar-refractivity contribution < 1.29 is 4.74 Å². The predicted molar refractivity (Wildman–Crippen MR) is 133 cm³/mol. The minimum absolute atomic E-state index is 0. The summed E-state index contributed by atoms with van der Waals surface area (Å²) in [5, 5.41) is 11.2. The number of nitrogens with zero attached hydrogens (tertiary/aromatic N) is 4. The molecule has 1 saturated heterocycles. The van der Waals surface area contributed by atoms with Crippen LogP contribution in [0.3, 0.4) is 0 Å². The van der Waals surface area contributed by atoms with Crippen LogP contribution >= 0.6 is 24.0 Å². The maximum atomic E-state index is 5.33. The fourth-order valence-corrected chi connectivity index (χ4v) is 3.81. The van der Waals surface area contributed by atoms with Crippen molar-refractivity contribution in [1.82, 2.24) is 25.3 Å². The molecule has 0 radical (unpaired) electrons. The van der Waals surface area contributed by atoms with Gasteiger partial charge in [-0.1, -0.05) is 18.6 Å². The van der Waals surface area contributed by atoms with Gasteiger partial charge in [-0.15, -0.1) is 24.0 Å². The number of hydrogen-bond donors (Lipinski definition) is 2. The van der Waals surface area contributed by atoms with Crippen molar-refractivity contribution in [2.75, 3.05) is 40.3 Å². The highest BCUT2D eigenvalue weighted by Gasteiger charge is 2.22. The van der Waals surface area contributed by atoms with Gasteiger partial charge in [0.2, 0.25) is 0 Å². The Morgan fingerprint density at radius 2 is 1.90 bits per heavy atom. The normalized spacial score (nSPS) is 15.9. The molecule has 1 unspecified atom stereocenters. The van der Waals surface area contributed by atoms with E-state index in [4.69, 9.17) is 4.74 Å². The second kappa shape index (κ2) is 12.8. The number of nitrogens with one attached hydrogen (secondary N) is 2. The van der Waals surface area contributed by atoms with Crippen molar-refractivity contribution in [2.24, 2.45) is 4.99 Å². The highest BCUT2D eigenvalue weighted by atomic mass is 127. The minimum atomic E-state index is 0. The first-order chi connectivity index (χ1) is 14.2. The molecule has 7 nitrogen and oxygen atoms in total. The average molecular weight is 526 g/mol. The molecule has 1 aromatic heterocycles. The number of halogens is 1. The van der Waals surface area contributed by atoms with Gasteiger partial charge in [0, 0.05) is 26.3 Å². The Morgan fingerprint density at radius 1 is 1.17 bits per heavy atom. The summed E-state index contributed by atoms with van der Waals surface area (Å²) in [5.74, 6) is 1.72. The number of likely N-dealkylation sites (tertiary alicyclic amines) is 1. The van der Waals surface area contributed by atoms with Gasteiger partial charge in [-0.2, -0.15) is 5.10 Å². The molecule has 3 rings (SSSR count). The summed E-state index contributed by atoms with van der Waals surface area (Å²) in [7, 11) is 3.52. The van der Waals surface area contributed by atoms with E-state index in [0.717, 1.165) is 44.4 Å². The summed E-state index contributed by atoms with van der Waals surface area (Å²) in [5.41, 5.74) is 2.49. The number of aryl methyl sites for hydroxylation is 1. The quantitative estimate of drug-likeness (QED) is 0.314. The Hall–Kier alpha value is -1.81. The van der Waals surface area contributed by atoms with E-state index in [1.807, 2.05) is 36.3 Å². The van der Waals surface area contributed by atoms with E-state index in [-0.39, 0.29) is 24.0 Å². The minimum Gasteiger partial charge on any atom is -0.497 e. The van der Waals surface area contributed by atoms with Crippen LogP contribution in [0, 0.1) is 6.92 Å². The first-order valence-electron chi connectivity index (χ1n) is 10.5. The van der Waals surface area contributed by atoms with Gasteiger partial charge in [0.25, 0.3) is 0 Å². The SMILES string of the molecule is CN=C(NCCn1cc(C)cn1)NCC(c1ccc(OC)cc1)N1CCCCC1.I. The van der Waals surface area contributed by atoms with Gasteiger partial charge in [0.1, 0.15) is 5.75 Å². The lowest BCUT2D eigenvalue weighted by molar-refractivity contribution is 0.164. The highest BCUT2D eigenvalue weighted by Crippen LogP contribution is 2.25. The van der Waals surface area contributed by atoms with Gasteiger partial charge in [-0.25, -0.2) is 0 Å². The summed E-state index contributed by atoms with van der Waals surface area (Å²) in [6.45, 7) is 6.73. The number of ether oxygens (including phenoxy) is 1. The van der Waals surface area contributed by atoms with Crippen LogP contribution in [0.1, 0.15) is 36.4 Å². The number of benzene rings is 1. The second-order valence-electron chi connectivity index (χ2n) is 7.55. The first kappa shape index (κ1) is 24.5. The predicted octanol–water partition coefficient (Wildman–Crippen LogP) is 3.21. The van der Waals surface area contributed by atoms with Gasteiger partial charge in [-0.05, 0) is 56.1 Å². The molecule has 2 heterocycles. The number of aromatic nitrogens is 2. The van der Waals surface area contributed by atoms with Crippen molar-refractivity contribution in [2.45, 2.75) is 38.8 Å². The molecule has 1 fully saturated rings. The lowest BCUT2D eigenvalue weighted by atomic mass is 10.0. The topological polar surface area (TPSA) is 66.7 Å². The van der Waals surface area contributed by atoms with Gasteiger partial charge in [0.15, 0.2) is 5.96 Å². The number of methoxy groups -OCH3 is 1. The number of aliphatic imine (C=N–C) groups is 1. The van der Waals surface area contributed by atoms with Crippen LogP contribution in [0.4, 0.5) is 0 Å². The van der Waals surface area contributed by atoms with Gasteiger partial charge >= 0.3 is 0 Å². The van der Waals surface area contributed by atoms with Crippen LogP contribution in [0.2, 0.25) is 0 Å². The maximum Gasteiger partial charge on any atom is 0.191 e. The van der Waals surface area contributed by atoms with E-state index < -0.39 is 0 Å². The van der Waals surface area contributed by atoms with Crippen LogP contribution in [0.5, 0.6) is 5.75 Å².